The van der Waals surface area contributed by atoms with E-state index < -0.39 is 0 Å². The number of carbonyl (C=O) groups excluding carboxylic acids is 1. The van der Waals surface area contributed by atoms with Gasteiger partial charge in [0.15, 0.2) is 0 Å². The zero-order valence-electron chi connectivity index (χ0n) is 12.9. The second-order valence-electron chi connectivity index (χ2n) is 5.99. The molecule has 0 heterocycles. The fourth-order valence-corrected chi connectivity index (χ4v) is 3.14. The van der Waals surface area contributed by atoms with Crippen molar-refractivity contribution in [3.8, 4) is 11.5 Å². The summed E-state index contributed by atoms with van der Waals surface area (Å²) < 4.78 is 10.7. The molecule has 0 aromatic heterocycles. The maximum absolute atomic E-state index is 12.4. The molecule has 0 radical (unpaired) electrons. The Morgan fingerprint density at radius 2 is 2.05 bits per heavy atom. The van der Waals surface area contributed by atoms with Gasteiger partial charge >= 0.3 is 0 Å². The van der Waals surface area contributed by atoms with Crippen molar-refractivity contribution in [2.75, 3.05) is 14.2 Å². The molecule has 2 atom stereocenters. The summed E-state index contributed by atoms with van der Waals surface area (Å²) >= 11 is 0. The Morgan fingerprint density at radius 3 is 2.65 bits per heavy atom. The summed E-state index contributed by atoms with van der Waals surface area (Å²) in [6.45, 7) is 4.28. The van der Waals surface area contributed by atoms with Crippen molar-refractivity contribution in [3.63, 3.8) is 0 Å². The highest BCUT2D eigenvalue weighted by Crippen LogP contribution is 2.42. The number of ketones is 1. The van der Waals surface area contributed by atoms with Gasteiger partial charge in [-0.1, -0.05) is 13.8 Å². The van der Waals surface area contributed by atoms with Crippen LogP contribution in [0.2, 0.25) is 0 Å². The van der Waals surface area contributed by atoms with Crippen LogP contribution < -0.4 is 9.47 Å². The third kappa shape index (κ3) is 2.67. The molecule has 1 aliphatic rings. The fourth-order valence-electron chi connectivity index (χ4n) is 3.14. The second kappa shape index (κ2) is 5.86. The normalized spacial score (nSPS) is 26.4. The summed E-state index contributed by atoms with van der Waals surface area (Å²) in [6.07, 6.45) is 3.56. The zero-order valence-corrected chi connectivity index (χ0v) is 12.9. The molecule has 0 spiro atoms. The zero-order chi connectivity index (χ0) is 14.8. The van der Waals surface area contributed by atoms with Crippen LogP contribution in [0.4, 0.5) is 0 Å². The van der Waals surface area contributed by atoms with E-state index in [9.17, 15) is 4.79 Å². The van der Waals surface area contributed by atoms with Gasteiger partial charge in [-0.05, 0) is 48.9 Å². The van der Waals surface area contributed by atoms with Gasteiger partial charge in [0.2, 0.25) is 0 Å². The molecule has 3 heteroatoms. The van der Waals surface area contributed by atoms with Crippen LogP contribution in [0.25, 0.3) is 0 Å². The minimum atomic E-state index is -0.294. The first-order chi connectivity index (χ1) is 9.51. The monoisotopic (exact) mass is 276 g/mol. The number of hydrogen-bond acceptors (Lipinski definition) is 3. The summed E-state index contributed by atoms with van der Waals surface area (Å²) in [5.41, 5.74) is 0.759. The molecule has 0 aliphatic heterocycles. The highest BCUT2D eigenvalue weighted by atomic mass is 16.5. The van der Waals surface area contributed by atoms with Crippen LogP contribution in [0.15, 0.2) is 18.2 Å². The van der Waals surface area contributed by atoms with Gasteiger partial charge in [-0.2, -0.15) is 0 Å². The van der Waals surface area contributed by atoms with E-state index in [1.54, 1.807) is 14.2 Å². The first-order valence-electron chi connectivity index (χ1n) is 7.25. The standard InChI is InChI=1S/C17H24O3/c1-12-6-5-7-16(18)17(12,2)11-13-10-14(19-3)8-9-15(13)20-4/h8-10,12H,5-7,11H2,1-4H3. The number of Topliss-reactive ketones (excluding diaryl/α,β-unsaturated/α-hetero) is 1. The van der Waals surface area contributed by atoms with Crippen molar-refractivity contribution < 1.29 is 14.3 Å². The van der Waals surface area contributed by atoms with E-state index in [2.05, 4.69) is 13.8 Å². The third-order valence-corrected chi connectivity index (χ3v) is 4.81. The Labute approximate surface area is 121 Å². The number of benzene rings is 1. The highest BCUT2D eigenvalue weighted by molar-refractivity contribution is 5.85. The largest absolute Gasteiger partial charge is 0.497 e. The van der Waals surface area contributed by atoms with Gasteiger partial charge in [0.1, 0.15) is 17.3 Å². The molecule has 0 saturated heterocycles. The summed E-state index contributed by atoms with van der Waals surface area (Å²) in [5.74, 6) is 2.42. The van der Waals surface area contributed by atoms with Gasteiger partial charge < -0.3 is 9.47 Å². The van der Waals surface area contributed by atoms with Crippen LogP contribution >= 0.6 is 0 Å². The molecule has 110 valence electrons. The smallest absolute Gasteiger partial charge is 0.139 e. The Morgan fingerprint density at radius 1 is 1.30 bits per heavy atom. The van der Waals surface area contributed by atoms with E-state index in [4.69, 9.17) is 9.47 Å². The van der Waals surface area contributed by atoms with E-state index in [0.29, 0.717) is 24.5 Å². The lowest BCUT2D eigenvalue weighted by Gasteiger charge is -2.38. The lowest BCUT2D eigenvalue weighted by molar-refractivity contribution is -0.133. The minimum Gasteiger partial charge on any atom is -0.497 e. The quantitative estimate of drug-likeness (QED) is 0.842. The molecule has 1 aromatic rings. The van der Waals surface area contributed by atoms with Crippen LogP contribution in [0.3, 0.4) is 0 Å². The van der Waals surface area contributed by atoms with Crippen molar-refractivity contribution in [2.24, 2.45) is 11.3 Å². The van der Waals surface area contributed by atoms with Crippen molar-refractivity contribution in [2.45, 2.75) is 39.5 Å². The van der Waals surface area contributed by atoms with Crippen molar-refractivity contribution in [1.82, 2.24) is 0 Å². The predicted octanol–water partition coefficient (Wildman–Crippen LogP) is 3.64. The van der Waals surface area contributed by atoms with E-state index in [-0.39, 0.29) is 5.41 Å². The minimum absolute atomic E-state index is 0.294. The molecule has 1 saturated carbocycles. The number of rotatable bonds is 4. The van der Waals surface area contributed by atoms with E-state index in [1.165, 1.54) is 0 Å². The Bertz CT molecular complexity index is 495. The van der Waals surface area contributed by atoms with Crippen LogP contribution in [0.5, 0.6) is 11.5 Å². The molecule has 20 heavy (non-hydrogen) atoms. The summed E-state index contributed by atoms with van der Waals surface area (Å²) in [7, 11) is 3.32. The van der Waals surface area contributed by atoms with Crippen molar-refractivity contribution in [1.29, 1.82) is 0 Å². The molecular formula is C17H24O3. The Balaban J connectivity index is 2.34. The van der Waals surface area contributed by atoms with Gasteiger partial charge in [-0.15, -0.1) is 0 Å². The molecule has 0 bridgehead atoms. The predicted molar refractivity (Wildman–Crippen MR) is 79.4 cm³/mol. The lowest BCUT2D eigenvalue weighted by Crippen LogP contribution is -2.40. The molecular weight excluding hydrogens is 252 g/mol. The maximum Gasteiger partial charge on any atom is 0.139 e. The molecule has 2 unspecified atom stereocenters. The molecule has 1 fully saturated rings. The number of methoxy groups -OCH3 is 2. The van der Waals surface area contributed by atoms with E-state index in [1.807, 2.05) is 18.2 Å². The Kier molecular flexibility index (Phi) is 4.36. The van der Waals surface area contributed by atoms with Crippen molar-refractivity contribution >= 4 is 5.78 Å². The summed E-state index contributed by atoms with van der Waals surface area (Å²) in [6, 6.07) is 5.78. The van der Waals surface area contributed by atoms with Crippen LogP contribution in [0.1, 0.15) is 38.7 Å². The molecule has 0 amide bonds. The van der Waals surface area contributed by atoms with Crippen molar-refractivity contribution in [3.05, 3.63) is 23.8 Å². The van der Waals surface area contributed by atoms with Crippen LogP contribution in [0, 0.1) is 11.3 Å². The number of carbonyl (C=O) groups is 1. The lowest BCUT2D eigenvalue weighted by atomic mass is 9.64. The van der Waals surface area contributed by atoms with E-state index in [0.717, 1.165) is 29.9 Å². The summed E-state index contributed by atoms with van der Waals surface area (Å²) in [4.78, 5) is 12.4. The van der Waals surface area contributed by atoms with Gasteiger partial charge in [0.05, 0.1) is 14.2 Å². The molecule has 1 aromatic carbocycles. The molecule has 0 N–H and O–H groups in total. The SMILES string of the molecule is COc1ccc(OC)c(CC2(C)C(=O)CCCC2C)c1. The van der Waals surface area contributed by atoms with Gasteiger partial charge in [0, 0.05) is 11.8 Å². The molecule has 1 aliphatic carbocycles. The molecule has 3 nitrogen and oxygen atoms in total. The summed E-state index contributed by atoms with van der Waals surface area (Å²) in [5, 5.41) is 0. The van der Waals surface area contributed by atoms with Gasteiger partial charge in [-0.25, -0.2) is 0 Å². The first-order valence-corrected chi connectivity index (χ1v) is 7.25. The maximum atomic E-state index is 12.4. The highest BCUT2D eigenvalue weighted by Gasteiger charge is 2.41. The Hall–Kier alpha value is -1.51. The fraction of sp³-hybridized carbons (Fsp3) is 0.588. The average molecular weight is 276 g/mol. The van der Waals surface area contributed by atoms with Crippen LogP contribution in [-0.4, -0.2) is 20.0 Å². The second-order valence-corrected chi connectivity index (χ2v) is 5.99. The number of hydrogen-bond donors (Lipinski definition) is 0. The van der Waals surface area contributed by atoms with E-state index >= 15 is 0 Å². The first kappa shape index (κ1) is 14.9. The third-order valence-electron chi connectivity index (χ3n) is 4.81. The van der Waals surface area contributed by atoms with Gasteiger partial charge in [-0.3, -0.25) is 4.79 Å². The van der Waals surface area contributed by atoms with Crippen LogP contribution in [-0.2, 0) is 11.2 Å². The average Bonchev–Trinajstić information content (AvgIpc) is 2.45. The number of ether oxygens (including phenoxy) is 2. The van der Waals surface area contributed by atoms with Gasteiger partial charge in [0.25, 0.3) is 0 Å². The topological polar surface area (TPSA) is 35.5 Å². The molecule has 2 rings (SSSR count).